The SMILES string of the molecule is C=C(C)C(=O)N(C)CCCCCCCCCCCCCCCCCCCC. The molecule has 0 aromatic rings. The van der Waals surface area contributed by atoms with E-state index >= 15 is 0 Å². The molecule has 0 saturated heterocycles. The van der Waals surface area contributed by atoms with Crippen molar-refractivity contribution >= 4 is 5.91 Å². The van der Waals surface area contributed by atoms with Crippen molar-refractivity contribution < 1.29 is 4.79 Å². The summed E-state index contributed by atoms with van der Waals surface area (Å²) in [6.45, 7) is 8.65. The predicted molar refractivity (Wildman–Crippen MR) is 121 cm³/mol. The van der Waals surface area contributed by atoms with Crippen LogP contribution in [-0.4, -0.2) is 24.4 Å². The van der Waals surface area contributed by atoms with Gasteiger partial charge in [0.25, 0.3) is 0 Å². The molecule has 0 fully saturated rings. The van der Waals surface area contributed by atoms with E-state index in [-0.39, 0.29) is 5.91 Å². The molecule has 0 aromatic heterocycles. The van der Waals surface area contributed by atoms with Gasteiger partial charge in [-0.25, -0.2) is 0 Å². The molecule has 2 heteroatoms. The zero-order valence-corrected chi connectivity index (χ0v) is 19.0. The van der Waals surface area contributed by atoms with Crippen molar-refractivity contribution in [3.63, 3.8) is 0 Å². The van der Waals surface area contributed by atoms with E-state index in [9.17, 15) is 4.79 Å². The van der Waals surface area contributed by atoms with E-state index in [0.717, 1.165) is 13.0 Å². The van der Waals surface area contributed by atoms with Gasteiger partial charge in [0.05, 0.1) is 0 Å². The van der Waals surface area contributed by atoms with Gasteiger partial charge in [-0.2, -0.15) is 0 Å². The predicted octanol–water partition coefficient (Wildman–Crippen LogP) is 8.06. The third kappa shape index (κ3) is 18.3. The molecule has 0 aliphatic rings. The lowest BCUT2D eigenvalue weighted by molar-refractivity contribution is -0.125. The highest BCUT2D eigenvalue weighted by molar-refractivity contribution is 5.91. The molecule has 0 unspecified atom stereocenters. The van der Waals surface area contributed by atoms with Crippen LogP contribution in [0.25, 0.3) is 0 Å². The molecular formula is C25H49NO. The van der Waals surface area contributed by atoms with Crippen molar-refractivity contribution in [2.75, 3.05) is 13.6 Å². The maximum Gasteiger partial charge on any atom is 0.248 e. The van der Waals surface area contributed by atoms with Crippen molar-refractivity contribution in [3.05, 3.63) is 12.2 Å². The maximum absolute atomic E-state index is 11.7. The van der Waals surface area contributed by atoms with Gasteiger partial charge in [-0.15, -0.1) is 0 Å². The number of hydrogen-bond acceptors (Lipinski definition) is 1. The monoisotopic (exact) mass is 379 g/mol. The Morgan fingerprint density at radius 1 is 0.630 bits per heavy atom. The van der Waals surface area contributed by atoms with Crippen molar-refractivity contribution in [1.29, 1.82) is 0 Å². The van der Waals surface area contributed by atoms with Crippen LogP contribution in [0.2, 0.25) is 0 Å². The Balaban J connectivity index is 3.15. The van der Waals surface area contributed by atoms with Gasteiger partial charge in [0, 0.05) is 19.2 Å². The van der Waals surface area contributed by atoms with Gasteiger partial charge in [-0.3, -0.25) is 4.79 Å². The lowest BCUT2D eigenvalue weighted by atomic mass is 10.0. The highest BCUT2D eigenvalue weighted by Gasteiger charge is 2.07. The summed E-state index contributed by atoms with van der Waals surface area (Å²) >= 11 is 0. The smallest absolute Gasteiger partial charge is 0.248 e. The highest BCUT2D eigenvalue weighted by Crippen LogP contribution is 2.14. The molecule has 0 N–H and O–H groups in total. The summed E-state index contributed by atoms with van der Waals surface area (Å²) in [5.74, 6) is 0.0852. The topological polar surface area (TPSA) is 20.3 Å². The number of amides is 1. The summed E-state index contributed by atoms with van der Waals surface area (Å²) in [6.07, 6.45) is 25.1. The fraction of sp³-hybridized carbons (Fsp3) is 0.880. The first-order chi connectivity index (χ1) is 13.1. The second kappa shape index (κ2) is 20.0. The van der Waals surface area contributed by atoms with Crippen LogP contribution in [0.4, 0.5) is 0 Å². The first-order valence-corrected chi connectivity index (χ1v) is 12.0. The van der Waals surface area contributed by atoms with Crippen LogP contribution in [-0.2, 0) is 4.79 Å². The first kappa shape index (κ1) is 26.2. The van der Waals surface area contributed by atoms with Gasteiger partial charge >= 0.3 is 0 Å². The van der Waals surface area contributed by atoms with Crippen molar-refractivity contribution in [2.45, 2.75) is 129 Å². The third-order valence-electron chi connectivity index (χ3n) is 5.56. The van der Waals surface area contributed by atoms with Gasteiger partial charge in [-0.05, 0) is 13.3 Å². The minimum absolute atomic E-state index is 0.0852. The fourth-order valence-electron chi connectivity index (χ4n) is 3.68. The van der Waals surface area contributed by atoms with Crippen LogP contribution in [0.1, 0.15) is 129 Å². The van der Waals surface area contributed by atoms with E-state index in [1.165, 1.54) is 109 Å². The van der Waals surface area contributed by atoms with Gasteiger partial charge in [0.15, 0.2) is 0 Å². The Bertz CT molecular complexity index is 350. The Hall–Kier alpha value is -0.790. The molecule has 0 bridgehead atoms. The maximum atomic E-state index is 11.7. The standard InChI is InChI=1S/C25H49NO/c1-5-6-7-8-9-10-11-12-13-14-15-16-17-18-19-20-21-22-23-26(4)25(27)24(2)3/h2,5-23H2,1,3-4H3. The van der Waals surface area contributed by atoms with Crippen LogP contribution in [0.5, 0.6) is 0 Å². The zero-order chi connectivity index (χ0) is 20.2. The average Bonchev–Trinajstić information content (AvgIpc) is 2.66. The first-order valence-electron chi connectivity index (χ1n) is 12.0. The van der Waals surface area contributed by atoms with Gasteiger partial charge < -0.3 is 4.90 Å². The fourth-order valence-corrected chi connectivity index (χ4v) is 3.68. The molecule has 0 rings (SSSR count). The van der Waals surface area contributed by atoms with Gasteiger partial charge in [0.2, 0.25) is 5.91 Å². The Morgan fingerprint density at radius 2 is 0.926 bits per heavy atom. The summed E-state index contributed by atoms with van der Waals surface area (Å²) in [4.78, 5) is 13.5. The number of rotatable bonds is 20. The average molecular weight is 380 g/mol. The molecule has 0 aromatic carbocycles. The molecule has 160 valence electrons. The number of carbonyl (C=O) groups excluding carboxylic acids is 1. The van der Waals surface area contributed by atoms with E-state index in [1.54, 1.807) is 11.8 Å². The normalized spacial score (nSPS) is 10.9. The molecule has 0 atom stereocenters. The second-order valence-electron chi connectivity index (χ2n) is 8.52. The Labute approximate surface area is 171 Å². The molecule has 0 spiro atoms. The van der Waals surface area contributed by atoms with E-state index in [2.05, 4.69) is 13.5 Å². The van der Waals surface area contributed by atoms with Gasteiger partial charge in [0.1, 0.15) is 0 Å². The van der Waals surface area contributed by atoms with Crippen molar-refractivity contribution in [2.24, 2.45) is 0 Å². The van der Waals surface area contributed by atoms with Crippen LogP contribution in [0.15, 0.2) is 12.2 Å². The summed E-state index contributed by atoms with van der Waals surface area (Å²) in [5, 5.41) is 0. The number of unbranched alkanes of at least 4 members (excludes halogenated alkanes) is 17. The molecule has 0 saturated carbocycles. The van der Waals surface area contributed by atoms with Crippen LogP contribution < -0.4 is 0 Å². The van der Waals surface area contributed by atoms with E-state index in [4.69, 9.17) is 0 Å². The summed E-state index contributed by atoms with van der Waals surface area (Å²) < 4.78 is 0. The Kier molecular flexibility index (Phi) is 19.4. The number of hydrogen-bond donors (Lipinski definition) is 0. The largest absolute Gasteiger partial charge is 0.342 e. The molecule has 27 heavy (non-hydrogen) atoms. The molecule has 1 amide bonds. The molecular weight excluding hydrogens is 330 g/mol. The summed E-state index contributed by atoms with van der Waals surface area (Å²) in [6, 6.07) is 0. The van der Waals surface area contributed by atoms with Crippen molar-refractivity contribution in [3.8, 4) is 0 Å². The highest BCUT2D eigenvalue weighted by atomic mass is 16.2. The minimum atomic E-state index is 0.0852. The molecule has 0 radical (unpaired) electrons. The molecule has 0 aliphatic heterocycles. The number of likely N-dealkylation sites (N-methyl/N-ethyl adjacent to an activating group) is 1. The van der Waals surface area contributed by atoms with Crippen LogP contribution in [0.3, 0.4) is 0 Å². The zero-order valence-electron chi connectivity index (χ0n) is 19.0. The van der Waals surface area contributed by atoms with Gasteiger partial charge in [-0.1, -0.05) is 123 Å². The summed E-state index contributed by atoms with van der Waals surface area (Å²) in [5.41, 5.74) is 0.639. The lowest BCUT2D eigenvalue weighted by Crippen LogP contribution is -2.27. The molecule has 0 aliphatic carbocycles. The van der Waals surface area contributed by atoms with E-state index in [0.29, 0.717) is 5.57 Å². The van der Waals surface area contributed by atoms with E-state index < -0.39 is 0 Å². The van der Waals surface area contributed by atoms with Crippen LogP contribution >= 0.6 is 0 Å². The number of nitrogens with zero attached hydrogens (tertiary/aromatic N) is 1. The molecule has 2 nitrogen and oxygen atoms in total. The second-order valence-corrected chi connectivity index (χ2v) is 8.52. The molecule has 0 heterocycles. The lowest BCUT2D eigenvalue weighted by Gasteiger charge is -2.16. The quantitative estimate of drug-likeness (QED) is 0.155. The summed E-state index contributed by atoms with van der Waals surface area (Å²) in [7, 11) is 1.88. The number of carbonyl (C=O) groups is 1. The van der Waals surface area contributed by atoms with Crippen LogP contribution in [0, 0.1) is 0 Å². The van der Waals surface area contributed by atoms with Crippen molar-refractivity contribution in [1.82, 2.24) is 4.90 Å². The third-order valence-corrected chi connectivity index (χ3v) is 5.56. The Morgan fingerprint density at radius 3 is 1.22 bits per heavy atom. The minimum Gasteiger partial charge on any atom is -0.342 e. The van der Waals surface area contributed by atoms with E-state index in [1.807, 2.05) is 7.05 Å².